The van der Waals surface area contributed by atoms with Gasteiger partial charge in [-0.1, -0.05) is 0 Å². The van der Waals surface area contributed by atoms with Crippen LogP contribution in [0.3, 0.4) is 0 Å². The van der Waals surface area contributed by atoms with Crippen molar-refractivity contribution >= 4 is 11.9 Å². The topological polar surface area (TPSA) is 75.1 Å². The minimum Gasteiger partial charge on any atom is -0.345 e. The molecule has 0 unspecified atom stereocenters. The van der Waals surface area contributed by atoms with Gasteiger partial charge in [-0.3, -0.25) is 4.79 Å². The van der Waals surface area contributed by atoms with Crippen LogP contribution >= 0.6 is 0 Å². The molecule has 0 saturated carbocycles. The molecule has 7 nitrogen and oxygen atoms in total. The summed E-state index contributed by atoms with van der Waals surface area (Å²) in [6, 6.07) is 1.82. The minimum absolute atomic E-state index is 0.0676. The molecular formula is C17H22N6O. The van der Waals surface area contributed by atoms with Gasteiger partial charge in [-0.25, -0.2) is 19.9 Å². The summed E-state index contributed by atoms with van der Waals surface area (Å²) in [4.78, 5) is 33.6. The van der Waals surface area contributed by atoms with Gasteiger partial charge >= 0.3 is 0 Å². The molecular weight excluding hydrogens is 304 g/mol. The summed E-state index contributed by atoms with van der Waals surface area (Å²) >= 11 is 0. The van der Waals surface area contributed by atoms with Crippen molar-refractivity contribution in [3.05, 3.63) is 41.7 Å². The number of aryl methyl sites for hydroxylation is 1. The van der Waals surface area contributed by atoms with Gasteiger partial charge in [-0.2, -0.15) is 0 Å². The number of anilines is 1. The van der Waals surface area contributed by atoms with Gasteiger partial charge in [-0.15, -0.1) is 0 Å². The molecule has 0 N–H and O–H groups in total. The summed E-state index contributed by atoms with van der Waals surface area (Å²) in [5.74, 6) is 1.70. The number of carbonyl (C=O) groups is 1. The molecule has 0 aliphatic carbocycles. The Labute approximate surface area is 141 Å². The maximum absolute atomic E-state index is 12.1. The van der Waals surface area contributed by atoms with Gasteiger partial charge in [0.15, 0.2) is 0 Å². The van der Waals surface area contributed by atoms with Crippen LogP contribution in [0.25, 0.3) is 0 Å². The minimum atomic E-state index is -0.0676. The molecule has 1 amide bonds. The lowest BCUT2D eigenvalue weighted by atomic mass is 9.97. The van der Waals surface area contributed by atoms with Crippen molar-refractivity contribution in [1.82, 2.24) is 24.8 Å². The van der Waals surface area contributed by atoms with Crippen molar-refractivity contribution < 1.29 is 4.79 Å². The molecule has 1 fully saturated rings. The lowest BCUT2D eigenvalue weighted by Gasteiger charge is -2.32. The summed E-state index contributed by atoms with van der Waals surface area (Å²) in [6.45, 7) is 3.60. The number of nitrogens with zero attached hydrogens (tertiary/aromatic N) is 6. The quantitative estimate of drug-likeness (QED) is 0.854. The highest BCUT2D eigenvalue weighted by Crippen LogP contribution is 2.26. The van der Waals surface area contributed by atoms with Crippen LogP contribution in [0.4, 0.5) is 5.95 Å². The molecule has 3 heterocycles. The number of hydrogen-bond acceptors (Lipinski definition) is 6. The average molecular weight is 326 g/mol. The molecule has 3 rings (SSSR count). The second-order valence-corrected chi connectivity index (χ2v) is 6.26. The van der Waals surface area contributed by atoms with E-state index in [1.165, 1.54) is 0 Å². The highest BCUT2D eigenvalue weighted by molar-refractivity contribution is 5.94. The van der Waals surface area contributed by atoms with Gasteiger partial charge in [0.1, 0.15) is 5.82 Å². The number of amides is 1. The zero-order valence-corrected chi connectivity index (χ0v) is 14.3. The first-order valence-corrected chi connectivity index (χ1v) is 8.13. The van der Waals surface area contributed by atoms with Gasteiger partial charge in [0.2, 0.25) is 5.95 Å². The third-order valence-electron chi connectivity index (χ3n) is 4.26. The normalized spacial score (nSPS) is 17.6. The van der Waals surface area contributed by atoms with E-state index in [1.807, 2.05) is 13.0 Å². The van der Waals surface area contributed by atoms with E-state index in [-0.39, 0.29) is 11.8 Å². The van der Waals surface area contributed by atoms with Crippen LogP contribution in [0.5, 0.6) is 0 Å². The fourth-order valence-electron chi connectivity index (χ4n) is 2.96. The number of hydrogen-bond donors (Lipinski definition) is 0. The predicted octanol–water partition coefficient (Wildman–Crippen LogP) is 1.66. The molecule has 24 heavy (non-hydrogen) atoms. The highest BCUT2D eigenvalue weighted by atomic mass is 16.2. The summed E-state index contributed by atoms with van der Waals surface area (Å²) in [6.07, 6.45) is 7.24. The van der Waals surface area contributed by atoms with E-state index in [0.29, 0.717) is 5.56 Å². The molecule has 126 valence electrons. The molecule has 1 aliphatic heterocycles. The second-order valence-electron chi connectivity index (χ2n) is 6.26. The lowest BCUT2D eigenvalue weighted by molar-refractivity contribution is 0.0826. The lowest BCUT2D eigenvalue weighted by Crippen LogP contribution is -2.36. The number of carbonyl (C=O) groups excluding carboxylic acids is 1. The monoisotopic (exact) mass is 326 g/mol. The fourth-order valence-corrected chi connectivity index (χ4v) is 2.96. The van der Waals surface area contributed by atoms with Crippen molar-refractivity contribution in [2.45, 2.75) is 25.7 Å². The molecule has 7 heteroatoms. The zero-order valence-electron chi connectivity index (χ0n) is 14.3. The third kappa shape index (κ3) is 3.34. The first kappa shape index (κ1) is 16.3. The third-order valence-corrected chi connectivity index (χ3v) is 4.26. The molecule has 2 aromatic heterocycles. The molecule has 0 radical (unpaired) electrons. The maximum Gasteiger partial charge on any atom is 0.256 e. The predicted molar refractivity (Wildman–Crippen MR) is 91.0 cm³/mol. The first-order valence-electron chi connectivity index (χ1n) is 8.13. The molecule has 0 aromatic carbocycles. The SMILES string of the molecule is Cc1nc([C@H]2CCCN(c3ncccn3)C2)ncc1C(=O)N(C)C. The largest absolute Gasteiger partial charge is 0.345 e. The molecule has 1 atom stereocenters. The van der Waals surface area contributed by atoms with Gasteiger partial charge in [0.05, 0.1) is 11.3 Å². The van der Waals surface area contributed by atoms with Crippen LogP contribution in [0.1, 0.15) is 40.6 Å². The van der Waals surface area contributed by atoms with Crippen LogP contribution in [-0.4, -0.2) is 57.9 Å². The number of piperidine rings is 1. The van der Waals surface area contributed by atoms with Crippen LogP contribution in [-0.2, 0) is 0 Å². The van der Waals surface area contributed by atoms with E-state index >= 15 is 0 Å². The van der Waals surface area contributed by atoms with Gasteiger partial charge in [-0.05, 0) is 25.8 Å². The van der Waals surface area contributed by atoms with E-state index in [4.69, 9.17) is 0 Å². The Morgan fingerprint density at radius 3 is 2.67 bits per heavy atom. The maximum atomic E-state index is 12.1. The Hall–Kier alpha value is -2.57. The zero-order chi connectivity index (χ0) is 17.1. The van der Waals surface area contributed by atoms with E-state index in [0.717, 1.165) is 43.4 Å². The van der Waals surface area contributed by atoms with Crippen LogP contribution < -0.4 is 4.90 Å². The number of aromatic nitrogens is 4. The summed E-state index contributed by atoms with van der Waals surface area (Å²) in [5.41, 5.74) is 1.29. The summed E-state index contributed by atoms with van der Waals surface area (Å²) in [7, 11) is 3.46. The van der Waals surface area contributed by atoms with Crippen LogP contribution in [0.15, 0.2) is 24.7 Å². The van der Waals surface area contributed by atoms with Crippen LogP contribution in [0, 0.1) is 6.92 Å². The van der Waals surface area contributed by atoms with E-state index in [2.05, 4.69) is 24.8 Å². The molecule has 1 saturated heterocycles. The first-order chi connectivity index (χ1) is 11.6. The molecule has 0 bridgehead atoms. The summed E-state index contributed by atoms with van der Waals surface area (Å²) in [5, 5.41) is 0. The van der Waals surface area contributed by atoms with Gasteiger partial charge in [0, 0.05) is 51.7 Å². The van der Waals surface area contributed by atoms with Crippen molar-refractivity contribution in [2.24, 2.45) is 0 Å². The van der Waals surface area contributed by atoms with Crippen molar-refractivity contribution in [3.8, 4) is 0 Å². The van der Waals surface area contributed by atoms with E-state index in [1.54, 1.807) is 37.6 Å². The Morgan fingerprint density at radius 2 is 2.00 bits per heavy atom. The Bertz CT molecular complexity index is 718. The molecule has 1 aliphatic rings. The smallest absolute Gasteiger partial charge is 0.256 e. The van der Waals surface area contributed by atoms with E-state index in [9.17, 15) is 4.79 Å². The Morgan fingerprint density at radius 1 is 1.25 bits per heavy atom. The van der Waals surface area contributed by atoms with Gasteiger partial charge in [0.25, 0.3) is 5.91 Å². The van der Waals surface area contributed by atoms with Gasteiger partial charge < -0.3 is 9.80 Å². The second kappa shape index (κ2) is 6.90. The van der Waals surface area contributed by atoms with Crippen molar-refractivity contribution in [1.29, 1.82) is 0 Å². The standard InChI is InChI=1S/C17H22N6O/c1-12-14(16(24)22(2)3)10-20-15(21-12)13-6-4-9-23(11-13)17-18-7-5-8-19-17/h5,7-8,10,13H,4,6,9,11H2,1-3H3/t13-/m0/s1. The average Bonchev–Trinajstić information content (AvgIpc) is 2.62. The fraction of sp³-hybridized carbons (Fsp3) is 0.471. The van der Waals surface area contributed by atoms with E-state index < -0.39 is 0 Å². The van der Waals surface area contributed by atoms with Crippen molar-refractivity contribution in [2.75, 3.05) is 32.1 Å². The van der Waals surface area contributed by atoms with Crippen LogP contribution in [0.2, 0.25) is 0 Å². The highest BCUT2D eigenvalue weighted by Gasteiger charge is 2.26. The summed E-state index contributed by atoms with van der Waals surface area (Å²) < 4.78 is 0. The Balaban J connectivity index is 1.79. The Kier molecular flexibility index (Phi) is 4.69. The van der Waals surface area contributed by atoms with Crippen molar-refractivity contribution in [3.63, 3.8) is 0 Å². The molecule has 2 aromatic rings. The molecule has 0 spiro atoms. The number of rotatable bonds is 3.